The Morgan fingerprint density at radius 3 is 1.00 bits per heavy atom. The van der Waals surface area contributed by atoms with Gasteiger partial charge in [0.25, 0.3) is 0 Å². The van der Waals surface area contributed by atoms with Crippen LogP contribution in [0.2, 0.25) is 0 Å². The summed E-state index contributed by atoms with van der Waals surface area (Å²) >= 11 is 0. The van der Waals surface area contributed by atoms with Gasteiger partial charge in [0.05, 0.1) is 0 Å². The molecule has 0 aliphatic rings. The van der Waals surface area contributed by atoms with Crippen LogP contribution in [0, 0.1) is 0 Å². The van der Waals surface area contributed by atoms with Crippen molar-refractivity contribution in [2.24, 2.45) is 0 Å². The molecule has 43 valence electrons. The van der Waals surface area contributed by atoms with Gasteiger partial charge < -0.3 is 9.79 Å². The molecule has 4 nitrogen and oxygen atoms in total. The van der Waals surface area contributed by atoms with Gasteiger partial charge in [0.15, 0.2) is 0 Å². The molecule has 0 spiro atoms. The van der Waals surface area contributed by atoms with Crippen LogP contribution in [0.1, 0.15) is 0 Å². The molecule has 0 atom stereocenters. The Hall–Kier alpha value is 0.639. The van der Waals surface area contributed by atoms with Gasteiger partial charge in [0.2, 0.25) is 0 Å². The van der Waals surface area contributed by atoms with Crippen LogP contribution in [0.3, 0.4) is 0 Å². The minimum absolute atomic E-state index is 0. The summed E-state index contributed by atoms with van der Waals surface area (Å²) in [5.74, 6) is 0. The third-order valence-electron chi connectivity index (χ3n) is 0. The van der Waals surface area contributed by atoms with Gasteiger partial charge in [-0.05, 0) is 0 Å². The van der Waals surface area contributed by atoms with E-state index in [1.165, 1.54) is 0 Å². The van der Waals surface area contributed by atoms with E-state index in [-0.39, 0.29) is 17.1 Å². The van der Waals surface area contributed by atoms with E-state index in [0.29, 0.717) is 0 Å². The van der Waals surface area contributed by atoms with Crippen molar-refractivity contribution >= 4 is 17.4 Å². The van der Waals surface area contributed by atoms with E-state index in [2.05, 4.69) is 0 Å². The summed E-state index contributed by atoms with van der Waals surface area (Å²) in [6.07, 6.45) is 0. The summed E-state index contributed by atoms with van der Waals surface area (Å²) in [7, 11) is -1.67. The summed E-state index contributed by atoms with van der Waals surface area (Å²) in [5.41, 5.74) is 0. The molecule has 0 aromatic rings. The third kappa shape index (κ3) is 349. The smallest absolute Gasteiger partial charge is 0.310 e. The summed E-state index contributed by atoms with van der Waals surface area (Å²) in [5, 5.41) is 0. The van der Waals surface area contributed by atoms with Gasteiger partial charge in [-0.25, -0.2) is 9.13 Å². The van der Waals surface area contributed by atoms with Crippen LogP contribution in [-0.2, 0) is 26.2 Å². The van der Waals surface area contributed by atoms with Gasteiger partial charge in [0.1, 0.15) is 0 Å². The molecule has 0 aliphatic carbocycles. The van der Waals surface area contributed by atoms with Crippen LogP contribution in [0.15, 0.2) is 0 Å². The minimum Gasteiger partial charge on any atom is -0.310 e. The van der Waals surface area contributed by atoms with E-state index in [1.54, 1.807) is 0 Å². The molecule has 0 aromatic heterocycles. The summed E-state index contributed by atoms with van der Waals surface area (Å²) in [4.78, 5) is 14.0. The first-order valence-corrected chi connectivity index (χ1v) is 2.30. The Kier molecular flexibility index (Phi) is 67.7. The Morgan fingerprint density at radius 1 is 1.00 bits per heavy atom. The van der Waals surface area contributed by atoms with Gasteiger partial charge in [0, 0.05) is 17.1 Å². The monoisotopic (exact) mass is 183 g/mol. The zero-order chi connectivity index (χ0) is 5.41. The molecule has 2 N–H and O–H groups in total. The molecule has 7 heteroatoms. The number of hydrogen-bond donors (Lipinski definition) is 2. The molecule has 0 saturated carbocycles. The topological polar surface area (TPSA) is 74.6 Å². The molecule has 0 unspecified atom stereocenters. The molecule has 0 heterocycles. The average molecular weight is 183 g/mol. The Balaban J connectivity index is -0.0000000400. The Morgan fingerprint density at radius 2 is 1.00 bits per heavy atom. The normalized spacial score (nSPS) is 6.00. The van der Waals surface area contributed by atoms with Crippen LogP contribution in [0.5, 0.6) is 0 Å². The Bertz CT molecular complexity index is 30.7. The molecular formula is H2MnO4P2. The second kappa shape index (κ2) is 30.3. The van der Waals surface area contributed by atoms with Crippen molar-refractivity contribution in [3.8, 4) is 0 Å². The van der Waals surface area contributed by atoms with Crippen LogP contribution < -0.4 is 0 Å². The van der Waals surface area contributed by atoms with Crippen LogP contribution >= 0.6 is 17.4 Å². The van der Waals surface area contributed by atoms with E-state index < -0.39 is 17.4 Å². The SMILES string of the molecule is O=PO.O=PO.[Mn]. The molecule has 0 rings (SSSR count). The fourth-order valence-electron chi connectivity index (χ4n) is 0. The van der Waals surface area contributed by atoms with Crippen molar-refractivity contribution < 1.29 is 36.0 Å². The molecule has 7 heavy (non-hydrogen) atoms. The maximum atomic E-state index is 8.46. The fourth-order valence-corrected chi connectivity index (χ4v) is 0. The molecular weight excluding hydrogens is 181 g/mol. The summed E-state index contributed by atoms with van der Waals surface area (Å²) in [6, 6.07) is 0. The minimum atomic E-state index is -0.833. The van der Waals surface area contributed by atoms with E-state index in [1.807, 2.05) is 0 Å². The van der Waals surface area contributed by atoms with E-state index in [9.17, 15) is 0 Å². The second-order valence-corrected chi connectivity index (χ2v) is 0.490. The maximum Gasteiger partial charge on any atom is 0.324 e. The first-order chi connectivity index (χ1) is 2.83. The van der Waals surface area contributed by atoms with E-state index in [4.69, 9.17) is 18.9 Å². The number of rotatable bonds is 0. The predicted octanol–water partition coefficient (Wildman–Crippen LogP) is 0.368. The average Bonchev–Trinajstić information content (AvgIpc) is 1.39. The second-order valence-electron chi connectivity index (χ2n) is 0.163. The molecule has 0 fully saturated rings. The van der Waals surface area contributed by atoms with Gasteiger partial charge in [-0.15, -0.1) is 0 Å². The van der Waals surface area contributed by atoms with Crippen molar-refractivity contribution in [2.45, 2.75) is 0 Å². The molecule has 0 saturated heterocycles. The number of hydrogen-bond acceptors (Lipinski definition) is 2. The van der Waals surface area contributed by atoms with Gasteiger partial charge in [-0.1, -0.05) is 0 Å². The van der Waals surface area contributed by atoms with Crippen molar-refractivity contribution in [2.75, 3.05) is 0 Å². The zero-order valence-corrected chi connectivity index (χ0v) is 5.95. The van der Waals surface area contributed by atoms with Crippen LogP contribution in [0.4, 0.5) is 0 Å². The van der Waals surface area contributed by atoms with Crippen molar-refractivity contribution in [3.05, 3.63) is 0 Å². The largest absolute Gasteiger partial charge is 0.324 e. The zero-order valence-electron chi connectivity index (χ0n) is 2.98. The summed E-state index contributed by atoms with van der Waals surface area (Å²) < 4.78 is 16.9. The maximum absolute atomic E-state index is 8.46. The third-order valence-corrected chi connectivity index (χ3v) is 0. The van der Waals surface area contributed by atoms with Crippen molar-refractivity contribution in [1.29, 1.82) is 0 Å². The first kappa shape index (κ1) is 15.6. The van der Waals surface area contributed by atoms with E-state index >= 15 is 0 Å². The van der Waals surface area contributed by atoms with Crippen molar-refractivity contribution in [3.63, 3.8) is 0 Å². The van der Waals surface area contributed by atoms with Gasteiger partial charge in [-0.3, -0.25) is 0 Å². The quantitative estimate of drug-likeness (QED) is 0.420. The predicted molar refractivity (Wildman–Crippen MR) is 19.7 cm³/mol. The molecule has 1 radical (unpaired) electrons. The van der Waals surface area contributed by atoms with Gasteiger partial charge in [-0.2, -0.15) is 0 Å². The molecule has 0 aromatic carbocycles. The molecule has 0 aliphatic heterocycles. The van der Waals surface area contributed by atoms with E-state index in [0.717, 1.165) is 0 Å². The molecule has 0 amide bonds. The molecule has 0 bridgehead atoms. The standard InChI is InChI=1S/Mn.2HO2P/c;2*1-3-2/h;2*(H,1,2). The Labute approximate surface area is 54.0 Å². The van der Waals surface area contributed by atoms with Crippen LogP contribution in [-0.4, -0.2) is 9.79 Å². The first-order valence-electron chi connectivity index (χ1n) is 0.765. The van der Waals surface area contributed by atoms with Gasteiger partial charge >= 0.3 is 17.4 Å². The van der Waals surface area contributed by atoms with Crippen LogP contribution in [0.25, 0.3) is 0 Å². The van der Waals surface area contributed by atoms with Crippen molar-refractivity contribution in [1.82, 2.24) is 0 Å². The summed E-state index contributed by atoms with van der Waals surface area (Å²) in [6.45, 7) is 0. The fraction of sp³-hybridized carbons (Fsp3) is 0.